The maximum absolute atomic E-state index is 3.66. The zero-order chi connectivity index (χ0) is 12.4. The number of unbranched alkanes of at least 4 members (excludes halogenated alkanes) is 9. The standard InChI is InChI=1S/C16H31Br/c1-2-3-4-5-6-7-8-9-10-11-12-16(15-17)13-14-16/h2-15H2,1H3. The van der Waals surface area contributed by atoms with Gasteiger partial charge in [-0.25, -0.2) is 0 Å². The summed E-state index contributed by atoms with van der Waals surface area (Å²) in [5, 5.41) is 1.25. The molecule has 1 heteroatoms. The highest BCUT2D eigenvalue weighted by atomic mass is 79.9. The lowest BCUT2D eigenvalue weighted by Crippen LogP contribution is -2.00. The second-order valence-electron chi connectivity index (χ2n) is 6.07. The Morgan fingerprint density at radius 3 is 1.65 bits per heavy atom. The summed E-state index contributed by atoms with van der Waals surface area (Å²) in [6, 6.07) is 0. The Morgan fingerprint density at radius 2 is 1.24 bits per heavy atom. The quantitative estimate of drug-likeness (QED) is 0.286. The maximum atomic E-state index is 3.66. The summed E-state index contributed by atoms with van der Waals surface area (Å²) in [7, 11) is 0. The predicted octanol–water partition coefficient (Wildman–Crippen LogP) is 6.47. The smallest absolute Gasteiger partial charge is 0.00879 e. The zero-order valence-electron chi connectivity index (χ0n) is 11.8. The number of hydrogen-bond donors (Lipinski definition) is 0. The first-order valence-corrected chi connectivity index (χ1v) is 9.01. The molecule has 0 atom stereocenters. The van der Waals surface area contributed by atoms with Gasteiger partial charge >= 0.3 is 0 Å². The van der Waals surface area contributed by atoms with Gasteiger partial charge in [-0.15, -0.1) is 0 Å². The van der Waals surface area contributed by atoms with Crippen molar-refractivity contribution in [1.82, 2.24) is 0 Å². The van der Waals surface area contributed by atoms with Crippen LogP contribution in [0, 0.1) is 5.41 Å². The Morgan fingerprint density at radius 1 is 0.765 bits per heavy atom. The number of alkyl halides is 1. The van der Waals surface area contributed by atoms with Gasteiger partial charge < -0.3 is 0 Å². The highest BCUT2D eigenvalue weighted by Crippen LogP contribution is 2.51. The van der Waals surface area contributed by atoms with Gasteiger partial charge in [0.2, 0.25) is 0 Å². The Kier molecular flexibility index (Phi) is 8.61. The topological polar surface area (TPSA) is 0 Å². The Hall–Kier alpha value is 0.480. The molecule has 0 bridgehead atoms. The van der Waals surface area contributed by atoms with Gasteiger partial charge in [0.05, 0.1) is 0 Å². The molecule has 17 heavy (non-hydrogen) atoms. The molecule has 0 amide bonds. The lowest BCUT2D eigenvalue weighted by molar-refractivity contribution is 0.474. The summed E-state index contributed by atoms with van der Waals surface area (Å²) < 4.78 is 0. The molecule has 0 saturated heterocycles. The summed E-state index contributed by atoms with van der Waals surface area (Å²) in [6.07, 6.45) is 19.1. The second kappa shape index (κ2) is 9.42. The van der Waals surface area contributed by atoms with Gasteiger partial charge in [0.25, 0.3) is 0 Å². The molecule has 1 fully saturated rings. The van der Waals surface area contributed by atoms with E-state index in [9.17, 15) is 0 Å². The van der Waals surface area contributed by atoms with Crippen molar-refractivity contribution in [3.63, 3.8) is 0 Å². The van der Waals surface area contributed by atoms with Gasteiger partial charge in [-0.1, -0.05) is 87.1 Å². The van der Waals surface area contributed by atoms with E-state index in [1.807, 2.05) is 0 Å². The number of hydrogen-bond acceptors (Lipinski definition) is 0. The van der Waals surface area contributed by atoms with Crippen LogP contribution in [-0.4, -0.2) is 5.33 Å². The maximum Gasteiger partial charge on any atom is 0.00879 e. The van der Waals surface area contributed by atoms with Crippen molar-refractivity contribution in [3.8, 4) is 0 Å². The van der Waals surface area contributed by atoms with Crippen LogP contribution in [0.2, 0.25) is 0 Å². The molecule has 0 spiro atoms. The highest BCUT2D eigenvalue weighted by Gasteiger charge is 2.40. The van der Waals surface area contributed by atoms with Gasteiger partial charge in [-0.3, -0.25) is 0 Å². The lowest BCUT2D eigenvalue weighted by atomic mass is 9.99. The number of halogens is 1. The van der Waals surface area contributed by atoms with Crippen LogP contribution in [0.4, 0.5) is 0 Å². The van der Waals surface area contributed by atoms with Crippen molar-refractivity contribution in [2.45, 2.75) is 90.4 Å². The molecule has 0 nitrogen and oxygen atoms in total. The van der Waals surface area contributed by atoms with Crippen LogP contribution in [0.3, 0.4) is 0 Å². The van der Waals surface area contributed by atoms with E-state index in [-0.39, 0.29) is 0 Å². The minimum absolute atomic E-state index is 0.750. The van der Waals surface area contributed by atoms with Crippen molar-refractivity contribution in [1.29, 1.82) is 0 Å². The lowest BCUT2D eigenvalue weighted by Gasteiger charge is -2.10. The predicted molar refractivity (Wildman–Crippen MR) is 81.9 cm³/mol. The highest BCUT2D eigenvalue weighted by molar-refractivity contribution is 9.09. The minimum Gasteiger partial charge on any atom is -0.0922 e. The van der Waals surface area contributed by atoms with E-state index in [2.05, 4.69) is 22.9 Å². The third-order valence-corrected chi connectivity index (χ3v) is 5.49. The van der Waals surface area contributed by atoms with Gasteiger partial charge in [-0.05, 0) is 24.7 Å². The van der Waals surface area contributed by atoms with E-state index in [1.165, 1.54) is 88.8 Å². The van der Waals surface area contributed by atoms with Crippen molar-refractivity contribution < 1.29 is 0 Å². The minimum atomic E-state index is 0.750. The molecule has 0 unspecified atom stereocenters. The number of rotatable bonds is 12. The van der Waals surface area contributed by atoms with E-state index in [0.717, 1.165) is 5.41 Å². The Labute approximate surface area is 117 Å². The van der Waals surface area contributed by atoms with Crippen molar-refractivity contribution >= 4 is 15.9 Å². The van der Waals surface area contributed by atoms with Gasteiger partial charge in [0, 0.05) is 5.33 Å². The van der Waals surface area contributed by atoms with Gasteiger partial charge in [0.15, 0.2) is 0 Å². The fourth-order valence-electron chi connectivity index (χ4n) is 2.61. The first kappa shape index (κ1) is 15.5. The monoisotopic (exact) mass is 302 g/mol. The van der Waals surface area contributed by atoms with Crippen LogP contribution in [-0.2, 0) is 0 Å². The van der Waals surface area contributed by atoms with Crippen LogP contribution < -0.4 is 0 Å². The van der Waals surface area contributed by atoms with Crippen LogP contribution in [0.25, 0.3) is 0 Å². The van der Waals surface area contributed by atoms with Crippen molar-refractivity contribution in [2.75, 3.05) is 5.33 Å². The first-order chi connectivity index (χ1) is 8.33. The Bertz CT molecular complexity index is 172. The summed E-state index contributed by atoms with van der Waals surface area (Å²) in [4.78, 5) is 0. The molecule has 0 radical (unpaired) electrons. The molecular weight excluding hydrogens is 272 g/mol. The molecule has 0 aromatic heterocycles. The summed E-state index contributed by atoms with van der Waals surface area (Å²) in [5.74, 6) is 0. The van der Waals surface area contributed by atoms with Crippen molar-refractivity contribution in [3.05, 3.63) is 0 Å². The zero-order valence-corrected chi connectivity index (χ0v) is 13.4. The summed E-state index contributed by atoms with van der Waals surface area (Å²) in [5.41, 5.74) is 0.750. The molecular formula is C16H31Br. The van der Waals surface area contributed by atoms with E-state index in [0.29, 0.717) is 0 Å². The van der Waals surface area contributed by atoms with Gasteiger partial charge in [0.1, 0.15) is 0 Å². The van der Waals surface area contributed by atoms with Crippen LogP contribution in [0.1, 0.15) is 90.4 Å². The van der Waals surface area contributed by atoms with Crippen LogP contribution in [0.5, 0.6) is 0 Å². The fraction of sp³-hybridized carbons (Fsp3) is 1.00. The third-order valence-electron chi connectivity index (χ3n) is 4.30. The molecule has 1 rings (SSSR count). The van der Waals surface area contributed by atoms with Crippen LogP contribution in [0.15, 0.2) is 0 Å². The Balaban J connectivity index is 1.73. The third kappa shape index (κ3) is 7.49. The van der Waals surface area contributed by atoms with E-state index < -0.39 is 0 Å². The molecule has 1 aliphatic carbocycles. The molecule has 0 aromatic rings. The average Bonchev–Trinajstić information content (AvgIpc) is 3.12. The molecule has 1 aliphatic rings. The second-order valence-corrected chi connectivity index (χ2v) is 6.63. The molecule has 0 heterocycles. The molecule has 102 valence electrons. The van der Waals surface area contributed by atoms with E-state index in [1.54, 1.807) is 0 Å². The molecule has 0 aromatic carbocycles. The van der Waals surface area contributed by atoms with E-state index in [4.69, 9.17) is 0 Å². The average molecular weight is 303 g/mol. The van der Waals surface area contributed by atoms with Crippen LogP contribution >= 0.6 is 15.9 Å². The van der Waals surface area contributed by atoms with Gasteiger partial charge in [-0.2, -0.15) is 0 Å². The van der Waals surface area contributed by atoms with Crippen molar-refractivity contribution in [2.24, 2.45) is 5.41 Å². The molecule has 0 N–H and O–H groups in total. The first-order valence-electron chi connectivity index (χ1n) is 7.89. The largest absolute Gasteiger partial charge is 0.0922 e. The normalized spacial score (nSPS) is 17.3. The fourth-order valence-corrected chi connectivity index (χ4v) is 3.46. The van der Waals surface area contributed by atoms with E-state index >= 15 is 0 Å². The summed E-state index contributed by atoms with van der Waals surface area (Å²) >= 11 is 3.66. The SMILES string of the molecule is CCCCCCCCCCCCC1(CBr)CC1. The molecule has 1 saturated carbocycles. The summed E-state index contributed by atoms with van der Waals surface area (Å²) in [6.45, 7) is 2.29. The molecule has 0 aliphatic heterocycles.